The number of fused-ring (bicyclic) bond motifs is 1. The molecule has 0 spiro atoms. The topological polar surface area (TPSA) is 156 Å². The van der Waals surface area contributed by atoms with Crippen LogP contribution in [0.1, 0.15) is 0 Å². The number of azo groups is 1. The highest BCUT2D eigenvalue weighted by Gasteiger charge is 2.21. The largest absolute Gasteiger partial charge is 0.295 e. The maximum atomic E-state index is 11.7. The third kappa shape index (κ3) is 4.11. The van der Waals surface area contributed by atoms with Gasteiger partial charge in [-0.3, -0.25) is 9.11 Å². The average Bonchev–Trinajstić information content (AvgIpc) is 2.58. The number of hydrogen-bond donors (Lipinski definition) is 2. The summed E-state index contributed by atoms with van der Waals surface area (Å²) in [5.41, 5.74) is 9.53. The summed E-state index contributed by atoms with van der Waals surface area (Å²) in [5.74, 6) is 0. The van der Waals surface area contributed by atoms with E-state index in [1.165, 1.54) is 42.5 Å². The van der Waals surface area contributed by atoms with E-state index in [0.29, 0.717) is 5.69 Å². The lowest BCUT2D eigenvalue weighted by Gasteiger charge is -2.08. The van der Waals surface area contributed by atoms with Crippen molar-refractivity contribution in [3.05, 3.63) is 54.6 Å². The van der Waals surface area contributed by atoms with E-state index >= 15 is 0 Å². The van der Waals surface area contributed by atoms with Crippen molar-refractivity contribution in [2.45, 2.75) is 9.79 Å². The van der Waals surface area contributed by atoms with Crippen LogP contribution in [0.25, 0.3) is 10.8 Å². The van der Waals surface area contributed by atoms with Gasteiger partial charge in [-0.2, -0.15) is 32.8 Å². The Hall–Kier alpha value is -2.86. The molecule has 3 aromatic carbocycles. The first-order valence-electron chi connectivity index (χ1n) is 7.28. The van der Waals surface area contributed by atoms with E-state index in [1.54, 1.807) is 0 Å². The van der Waals surface area contributed by atoms with Crippen LogP contribution in [-0.4, -0.2) is 25.9 Å². The molecule has 2 N–H and O–H groups in total. The molecular formula is C16H11N3O6S2. The predicted octanol–water partition coefficient (Wildman–Crippen LogP) is 3.45. The fourth-order valence-electron chi connectivity index (χ4n) is 2.44. The maximum absolute atomic E-state index is 11.7. The van der Waals surface area contributed by atoms with Crippen LogP contribution < -0.4 is 5.73 Å². The zero-order valence-electron chi connectivity index (χ0n) is 13.4. The normalized spacial score (nSPS) is 12.7. The monoisotopic (exact) mass is 405 g/mol. The van der Waals surface area contributed by atoms with Crippen LogP contribution in [0.4, 0.5) is 17.1 Å². The molecule has 0 atom stereocenters. The molecule has 3 aromatic rings. The van der Waals surface area contributed by atoms with Crippen molar-refractivity contribution >= 4 is 48.1 Å². The van der Waals surface area contributed by atoms with Crippen LogP contribution in [0.3, 0.4) is 0 Å². The van der Waals surface area contributed by atoms with Crippen molar-refractivity contribution in [3.8, 4) is 0 Å². The Kier molecular flexibility index (Phi) is 4.70. The van der Waals surface area contributed by atoms with Gasteiger partial charge in [-0.1, -0.05) is 12.1 Å². The minimum Gasteiger partial charge on any atom is -0.282 e. The van der Waals surface area contributed by atoms with Gasteiger partial charge in [0, 0.05) is 10.8 Å². The van der Waals surface area contributed by atoms with Gasteiger partial charge in [0.2, 0.25) is 0 Å². The molecule has 0 amide bonds. The Balaban J connectivity index is 2.26. The molecule has 0 aliphatic carbocycles. The molecule has 0 fully saturated rings. The Bertz CT molecular complexity index is 1270. The van der Waals surface area contributed by atoms with Crippen LogP contribution in [0.15, 0.2) is 74.6 Å². The Labute approximate surface area is 154 Å². The summed E-state index contributed by atoms with van der Waals surface area (Å²) in [6.07, 6.45) is 0. The van der Waals surface area contributed by atoms with Gasteiger partial charge in [-0.05, 0) is 42.5 Å². The van der Waals surface area contributed by atoms with Crippen molar-refractivity contribution in [1.82, 2.24) is 5.73 Å². The number of hydrogen-bond acceptors (Lipinski definition) is 6. The maximum Gasteiger partial charge on any atom is 0.295 e. The van der Waals surface area contributed by atoms with Crippen molar-refractivity contribution in [3.63, 3.8) is 0 Å². The van der Waals surface area contributed by atoms with Crippen LogP contribution in [0.5, 0.6) is 0 Å². The molecule has 0 aromatic heterocycles. The van der Waals surface area contributed by atoms with E-state index in [9.17, 15) is 31.7 Å². The summed E-state index contributed by atoms with van der Waals surface area (Å²) in [5, 5.41) is 7.47. The van der Waals surface area contributed by atoms with Gasteiger partial charge in [0.05, 0.1) is 17.1 Å². The van der Waals surface area contributed by atoms with E-state index in [0.717, 1.165) is 12.1 Å². The molecular weight excluding hydrogens is 394 g/mol. The summed E-state index contributed by atoms with van der Waals surface area (Å²) in [6.45, 7) is 0. The molecule has 0 unspecified atom stereocenters. The van der Waals surface area contributed by atoms with Gasteiger partial charge in [0.25, 0.3) is 20.2 Å². The summed E-state index contributed by atoms with van der Waals surface area (Å²) >= 11 is 0. The van der Waals surface area contributed by atoms with Crippen molar-refractivity contribution < 1.29 is 25.9 Å². The number of benzene rings is 3. The smallest absolute Gasteiger partial charge is 0.282 e. The molecule has 27 heavy (non-hydrogen) atoms. The van der Waals surface area contributed by atoms with Gasteiger partial charge >= 0.3 is 0 Å². The molecule has 0 heterocycles. The Morgan fingerprint density at radius 1 is 0.704 bits per heavy atom. The van der Waals surface area contributed by atoms with Crippen LogP contribution in [-0.2, 0) is 20.2 Å². The number of nitrogens with zero attached hydrogens (tertiary/aromatic N) is 3. The number of rotatable bonds is 4. The summed E-state index contributed by atoms with van der Waals surface area (Å²) in [7, 11) is -9.37. The van der Waals surface area contributed by atoms with Crippen LogP contribution in [0.2, 0.25) is 0 Å². The third-order valence-corrected chi connectivity index (χ3v) is 5.39. The highest BCUT2D eigenvalue weighted by molar-refractivity contribution is 7.86. The summed E-state index contributed by atoms with van der Waals surface area (Å²) < 4.78 is 65.5. The summed E-state index contributed by atoms with van der Waals surface area (Å²) in [4.78, 5) is -1.11. The first-order valence-corrected chi connectivity index (χ1v) is 10.2. The van der Waals surface area contributed by atoms with Gasteiger partial charge in [0.15, 0.2) is 0 Å². The molecule has 0 bridgehead atoms. The predicted molar refractivity (Wildman–Crippen MR) is 96.0 cm³/mol. The zero-order chi connectivity index (χ0) is 19.8. The molecule has 2 radical (unpaired) electrons. The standard InChI is InChI=1S/C16H11N3O6S2/c17-10-4-6-11(7-5-10)18-19-12-8-14-13(16(9-12)27(23,24)25)2-1-3-15(14)26(20,21)22/h1-9H,(H,20,21,22)(H,23,24,25). The molecule has 0 saturated heterocycles. The highest BCUT2D eigenvalue weighted by Crippen LogP contribution is 2.33. The molecule has 9 nitrogen and oxygen atoms in total. The average molecular weight is 405 g/mol. The minimum absolute atomic E-state index is 0.0195. The summed E-state index contributed by atoms with van der Waals surface area (Å²) in [6, 6.07) is 11.5. The highest BCUT2D eigenvalue weighted by atomic mass is 32.2. The first-order chi connectivity index (χ1) is 12.6. The first kappa shape index (κ1) is 18.9. The Morgan fingerprint density at radius 3 is 1.89 bits per heavy atom. The quantitative estimate of drug-likeness (QED) is 0.500. The third-order valence-electron chi connectivity index (χ3n) is 3.59. The second-order valence-electron chi connectivity index (χ2n) is 5.46. The molecule has 138 valence electrons. The SMILES string of the molecule is [N]c1ccc(N=Nc2cc(S(=O)(=O)O)c3cccc(S(=O)(=O)O)c3c2)cc1. The second-order valence-corrected chi connectivity index (χ2v) is 8.24. The fraction of sp³-hybridized carbons (Fsp3) is 0. The van der Waals surface area contributed by atoms with Gasteiger partial charge < -0.3 is 0 Å². The lowest BCUT2D eigenvalue weighted by Crippen LogP contribution is -2.03. The Morgan fingerprint density at radius 2 is 1.30 bits per heavy atom. The van der Waals surface area contributed by atoms with E-state index in [-0.39, 0.29) is 22.1 Å². The van der Waals surface area contributed by atoms with E-state index in [4.69, 9.17) is 0 Å². The van der Waals surface area contributed by atoms with Gasteiger partial charge in [-0.25, -0.2) is 0 Å². The lowest BCUT2D eigenvalue weighted by atomic mass is 10.1. The van der Waals surface area contributed by atoms with Crippen molar-refractivity contribution in [1.29, 1.82) is 0 Å². The molecule has 11 heteroatoms. The molecule has 0 aliphatic heterocycles. The van der Waals surface area contributed by atoms with Gasteiger partial charge in [-0.15, -0.1) is 0 Å². The molecule has 0 aliphatic rings. The lowest BCUT2D eigenvalue weighted by molar-refractivity contribution is 0.481. The minimum atomic E-state index is -4.71. The van der Waals surface area contributed by atoms with E-state index in [2.05, 4.69) is 10.2 Å². The molecule has 3 rings (SSSR count). The van der Waals surface area contributed by atoms with Crippen molar-refractivity contribution in [2.24, 2.45) is 10.2 Å². The van der Waals surface area contributed by atoms with Gasteiger partial charge in [0.1, 0.15) is 9.79 Å². The van der Waals surface area contributed by atoms with E-state index in [1.807, 2.05) is 0 Å². The fourth-order valence-corrected chi connectivity index (χ4v) is 3.86. The molecule has 0 saturated carbocycles. The zero-order valence-corrected chi connectivity index (χ0v) is 15.0. The van der Waals surface area contributed by atoms with E-state index < -0.39 is 30.0 Å². The van der Waals surface area contributed by atoms with Crippen molar-refractivity contribution in [2.75, 3.05) is 0 Å². The van der Waals surface area contributed by atoms with Crippen LogP contribution in [0, 0.1) is 0 Å². The second kappa shape index (κ2) is 6.70. The van der Waals surface area contributed by atoms with Crippen LogP contribution >= 0.6 is 0 Å².